The van der Waals surface area contributed by atoms with Gasteiger partial charge in [0.25, 0.3) is 11.6 Å². The number of aromatic amines is 1. The maximum absolute atomic E-state index is 12.1. The van der Waals surface area contributed by atoms with Crippen LogP contribution >= 0.6 is 0 Å². The maximum atomic E-state index is 12.1. The Morgan fingerprint density at radius 3 is 2.68 bits per heavy atom. The van der Waals surface area contributed by atoms with Crippen molar-refractivity contribution in [2.75, 3.05) is 0 Å². The fourth-order valence-electron chi connectivity index (χ4n) is 2.17. The largest absolute Gasteiger partial charge is 0.345 e. The van der Waals surface area contributed by atoms with Crippen LogP contribution in [0.15, 0.2) is 48.5 Å². The van der Waals surface area contributed by atoms with Gasteiger partial charge in [0.05, 0.1) is 22.5 Å². The number of carbonyl (C=O) groups is 1. The average molecular weight is 296 g/mol. The molecule has 3 rings (SSSR count). The number of fused-ring (bicyclic) bond motifs is 1. The number of nitro benzene ring substituents is 1. The standard InChI is InChI=1S/C15H12N4O3/c20-15(10-5-1-4-8-13(10)19(21)22)16-9-14-17-11-6-2-3-7-12(11)18-14/h1-8H,9H2,(H,16,20)(H,17,18). The van der Waals surface area contributed by atoms with Gasteiger partial charge in [0.2, 0.25) is 0 Å². The number of aromatic nitrogens is 2. The molecule has 0 aliphatic rings. The Hall–Kier alpha value is -3.22. The highest BCUT2D eigenvalue weighted by Gasteiger charge is 2.19. The monoisotopic (exact) mass is 296 g/mol. The third kappa shape index (κ3) is 2.64. The summed E-state index contributed by atoms with van der Waals surface area (Å²) in [5, 5.41) is 13.6. The zero-order chi connectivity index (χ0) is 15.5. The highest BCUT2D eigenvalue weighted by Crippen LogP contribution is 2.17. The molecule has 7 nitrogen and oxygen atoms in total. The van der Waals surface area contributed by atoms with Gasteiger partial charge < -0.3 is 10.3 Å². The molecule has 7 heteroatoms. The van der Waals surface area contributed by atoms with E-state index in [9.17, 15) is 14.9 Å². The van der Waals surface area contributed by atoms with E-state index in [2.05, 4.69) is 15.3 Å². The molecular formula is C15H12N4O3. The molecule has 1 amide bonds. The lowest BCUT2D eigenvalue weighted by Crippen LogP contribution is -2.24. The van der Waals surface area contributed by atoms with E-state index >= 15 is 0 Å². The van der Waals surface area contributed by atoms with E-state index in [1.807, 2.05) is 24.3 Å². The van der Waals surface area contributed by atoms with Gasteiger partial charge in [-0.2, -0.15) is 0 Å². The number of nitro groups is 1. The third-order valence-corrected chi connectivity index (χ3v) is 3.20. The van der Waals surface area contributed by atoms with Gasteiger partial charge in [-0.1, -0.05) is 24.3 Å². The molecule has 0 atom stereocenters. The second kappa shape index (κ2) is 5.65. The summed E-state index contributed by atoms with van der Waals surface area (Å²) in [7, 11) is 0. The molecule has 0 radical (unpaired) electrons. The Balaban J connectivity index is 1.76. The van der Waals surface area contributed by atoms with Gasteiger partial charge in [-0.15, -0.1) is 0 Å². The third-order valence-electron chi connectivity index (χ3n) is 3.20. The quantitative estimate of drug-likeness (QED) is 0.570. The summed E-state index contributed by atoms with van der Waals surface area (Å²) in [6, 6.07) is 13.3. The smallest absolute Gasteiger partial charge is 0.282 e. The Labute approximate surface area is 125 Å². The van der Waals surface area contributed by atoms with Crippen molar-refractivity contribution in [3.63, 3.8) is 0 Å². The van der Waals surface area contributed by atoms with Crippen molar-refractivity contribution in [1.82, 2.24) is 15.3 Å². The number of imidazole rings is 1. The summed E-state index contributed by atoms with van der Waals surface area (Å²) in [5.41, 5.74) is 1.49. The summed E-state index contributed by atoms with van der Waals surface area (Å²) in [6.45, 7) is 0.166. The zero-order valence-electron chi connectivity index (χ0n) is 11.4. The minimum atomic E-state index is -0.573. The van der Waals surface area contributed by atoms with Crippen LogP contribution in [0.1, 0.15) is 16.2 Å². The van der Waals surface area contributed by atoms with Crippen molar-refractivity contribution < 1.29 is 9.72 Å². The van der Waals surface area contributed by atoms with E-state index in [1.165, 1.54) is 18.2 Å². The molecule has 22 heavy (non-hydrogen) atoms. The molecule has 0 saturated carbocycles. The lowest BCUT2D eigenvalue weighted by molar-refractivity contribution is -0.385. The van der Waals surface area contributed by atoms with E-state index in [-0.39, 0.29) is 17.8 Å². The summed E-state index contributed by atoms with van der Waals surface area (Å²) in [4.78, 5) is 29.9. The van der Waals surface area contributed by atoms with Gasteiger partial charge in [-0.3, -0.25) is 14.9 Å². The number of hydrogen-bond acceptors (Lipinski definition) is 4. The molecule has 0 bridgehead atoms. The van der Waals surface area contributed by atoms with Gasteiger partial charge in [0.1, 0.15) is 11.4 Å². The van der Waals surface area contributed by atoms with Crippen LogP contribution in [-0.2, 0) is 6.54 Å². The number of amides is 1. The molecular weight excluding hydrogens is 284 g/mol. The molecule has 3 aromatic rings. The van der Waals surface area contributed by atoms with E-state index in [4.69, 9.17) is 0 Å². The van der Waals surface area contributed by atoms with Crippen molar-refractivity contribution in [2.24, 2.45) is 0 Å². The maximum Gasteiger partial charge on any atom is 0.282 e. The predicted octanol–water partition coefficient (Wildman–Crippen LogP) is 2.40. The van der Waals surface area contributed by atoms with Crippen LogP contribution in [0.5, 0.6) is 0 Å². The topological polar surface area (TPSA) is 101 Å². The molecule has 1 aromatic heterocycles. The van der Waals surface area contributed by atoms with Crippen LogP contribution in [0.4, 0.5) is 5.69 Å². The van der Waals surface area contributed by atoms with Crippen LogP contribution in [-0.4, -0.2) is 20.8 Å². The normalized spacial score (nSPS) is 10.5. The first-order valence-electron chi connectivity index (χ1n) is 6.60. The first kappa shape index (κ1) is 13.7. The fourth-order valence-corrected chi connectivity index (χ4v) is 2.17. The van der Waals surface area contributed by atoms with Crippen molar-refractivity contribution in [1.29, 1.82) is 0 Å². The summed E-state index contributed by atoms with van der Waals surface area (Å²) in [6.07, 6.45) is 0. The van der Waals surface area contributed by atoms with Gasteiger partial charge >= 0.3 is 0 Å². The molecule has 0 spiro atoms. The zero-order valence-corrected chi connectivity index (χ0v) is 11.4. The number of rotatable bonds is 4. The average Bonchev–Trinajstić information content (AvgIpc) is 2.95. The molecule has 2 aromatic carbocycles. The number of nitrogens with zero attached hydrogens (tertiary/aromatic N) is 2. The van der Waals surface area contributed by atoms with Gasteiger partial charge in [-0.25, -0.2) is 4.98 Å². The summed E-state index contributed by atoms with van der Waals surface area (Å²) < 4.78 is 0. The number of nitrogens with one attached hydrogen (secondary N) is 2. The molecule has 0 fully saturated rings. The van der Waals surface area contributed by atoms with Crippen LogP contribution in [0.2, 0.25) is 0 Å². The predicted molar refractivity (Wildman–Crippen MR) is 80.4 cm³/mol. The second-order valence-corrected chi connectivity index (χ2v) is 4.66. The number of hydrogen-bond donors (Lipinski definition) is 2. The lowest BCUT2D eigenvalue weighted by atomic mass is 10.1. The van der Waals surface area contributed by atoms with Crippen molar-refractivity contribution in [3.8, 4) is 0 Å². The fraction of sp³-hybridized carbons (Fsp3) is 0.0667. The molecule has 0 aliphatic heterocycles. The molecule has 0 saturated heterocycles. The van der Waals surface area contributed by atoms with E-state index < -0.39 is 10.8 Å². The van der Waals surface area contributed by atoms with Gasteiger partial charge in [0, 0.05) is 6.07 Å². The molecule has 2 N–H and O–H groups in total. The summed E-state index contributed by atoms with van der Waals surface area (Å²) in [5.74, 6) is 0.0842. The second-order valence-electron chi connectivity index (χ2n) is 4.66. The van der Waals surface area contributed by atoms with Crippen molar-refractivity contribution in [3.05, 3.63) is 70.0 Å². The number of benzene rings is 2. The van der Waals surface area contributed by atoms with Crippen LogP contribution < -0.4 is 5.32 Å². The van der Waals surface area contributed by atoms with Gasteiger partial charge in [-0.05, 0) is 18.2 Å². The SMILES string of the molecule is O=C(NCc1nc2ccccc2[nH]1)c1ccccc1[N+](=O)[O-]. The van der Waals surface area contributed by atoms with Crippen molar-refractivity contribution >= 4 is 22.6 Å². The minimum absolute atomic E-state index is 0.0311. The number of carbonyl (C=O) groups excluding carboxylic acids is 1. The molecule has 1 heterocycles. The van der Waals surface area contributed by atoms with E-state index in [0.29, 0.717) is 5.82 Å². The van der Waals surface area contributed by atoms with Gasteiger partial charge in [0.15, 0.2) is 0 Å². The van der Waals surface area contributed by atoms with E-state index in [0.717, 1.165) is 11.0 Å². The molecule has 0 aliphatic carbocycles. The first-order chi connectivity index (χ1) is 10.6. The Kier molecular flexibility index (Phi) is 3.53. The Bertz CT molecular complexity index is 824. The molecule has 0 unspecified atom stereocenters. The lowest BCUT2D eigenvalue weighted by Gasteiger charge is -2.03. The first-order valence-corrected chi connectivity index (χ1v) is 6.60. The Morgan fingerprint density at radius 2 is 1.91 bits per heavy atom. The van der Waals surface area contributed by atoms with Crippen molar-refractivity contribution in [2.45, 2.75) is 6.54 Å². The number of H-pyrrole nitrogens is 1. The van der Waals surface area contributed by atoms with E-state index in [1.54, 1.807) is 6.07 Å². The Morgan fingerprint density at radius 1 is 1.18 bits per heavy atom. The molecule has 110 valence electrons. The summed E-state index contributed by atoms with van der Waals surface area (Å²) >= 11 is 0. The minimum Gasteiger partial charge on any atom is -0.345 e. The van der Waals surface area contributed by atoms with Crippen LogP contribution in [0, 0.1) is 10.1 Å². The highest BCUT2D eigenvalue weighted by atomic mass is 16.6. The van der Waals surface area contributed by atoms with Crippen LogP contribution in [0.3, 0.4) is 0 Å². The number of para-hydroxylation sites is 3. The highest BCUT2D eigenvalue weighted by molar-refractivity contribution is 5.98. The van der Waals surface area contributed by atoms with Crippen LogP contribution in [0.25, 0.3) is 11.0 Å².